The van der Waals surface area contributed by atoms with Crippen molar-refractivity contribution in [3.05, 3.63) is 75.7 Å². The Bertz CT molecular complexity index is 1060. The molecular weight excluding hydrogens is 362 g/mol. The molecule has 152 valence electrons. The van der Waals surface area contributed by atoms with Gasteiger partial charge in [0.25, 0.3) is 5.56 Å². The van der Waals surface area contributed by atoms with Crippen molar-refractivity contribution in [1.82, 2.24) is 15.5 Å². The number of nitrogens with one attached hydrogen (secondary N) is 2. The van der Waals surface area contributed by atoms with E-state index in [9.17, 15) is 9.59 Å². The number of aromatic amines is 1. The zero-order valence-electron chi connectivity index (χ0n) is 17.7. The van der Waals surface area contributed by atoms with Crippen molar-refractivity contribution in [3.63, 3.8) is 0 Å². The van der Waals surface area contributed by atoms with Crippen molar-refractivity contribution in [2.24, 2.45) is 5.92 Å². The molecule has 0 aliphatic rings. The molecule has 1 heterocycles. The number of carbonyl (C=O) groups is 1. The van der Waals surface area contributed by atoms with Crippen molar-refractivity contribution in [2.45, 2.75) is 52.5 Å². The van der Waals surface area contributed by atoms with Crippen molar-refractivity contribution < 1.29 is 4.79 Å². The highest BCUT2D eigenvalue weighted by atomic mass is 16.1. The number of carbonyl (C=O) groups excluding carboxylic acids is 1. The van der Waals surface area contributed by atoms with Crippen LogP contribution in [0.25, 0.3) is 10.8 Å². The minimum Gasteiger partial charge on any atom is -0.349 e. The second-order valence-corrected chi connectivity index (χ2v) is 8.88. The Kier molecular flexibility index (Phi) is 5.87. The van der Waals surface area contributed by atoms with Crippen LogP contribution in [0.5, 0.6) is 0 Å². The van der Waals surface area contributed by atoms with Crippen LogP contribution < -0.4 is 10.9 Å². The maximum absolute atomic E-state index is 12.8. The lowest BCUT2D eigenvalue weighted by Crippen LogP contribution is -2.33. The molecule has 0 aliphatic heterocycles. The van der Waals surface area contributed by atoms with Crippen molar-refractivity contribution in [3.8, 4) is 0 Å². The number of benzene rings is 2. The molecule has 3 aromatic rings. The minimum absolute atomic E-state index is 0.0893. The van der Waals surface area contributed by atoms with Crippen LogP contribution in [0.2, 0.25) is 0 Å². The average Bonchev–Trinajstić information content (AvgIpc) is 2.68. The van der Waals surface area contributed by atoms with Gasteiger partial charge in [0.15, 0.2) is 0 Å². The van der Waals surface area contributed by atoms with Crippen LogP contribution in [-0.4, -0.2) is 16.1 Å². The first-order chi connectivity index (χ1) is 13.7. The molecular formula is C24H29N3O2. The molecule has 0 aliphatic carbocycles. The number of hydrogen-bond donors (Lipinski definition) is 2. The maximum Gasteiger partial charge on any atom is 0.272 e. The largest absolute Gasteiger partial charge is 0.349 e. The molecule has 3 rings (SSSR count). The fraction of sp³-hybridized carbons (Fsp3) is 0.375. The number of rotatable bonds is 5. The molecule has 1 amide bonds. The van der Waals surface area contributed by atoms with Crippen LogP contribution in [0, 0.1) is 5.92 Å². The van der Waals surface area contributed by atoms with E-state index >= 15 is 0 Å². The number of fused-ring (bicyclic) bond motifs is 1. The number of nitrogens with zero attached hydrogens (tertiary/aromatic N) is 1. The first-order valence-corrected chi connectivity index (χ1v) is 10.0. The summed E-state index contributed by atoms with van der Waals surface area (Å²) >= 11 is 0. The molecule has 29 heavy (non-hydrogen) atoms. The van der Waals surface area contributed by atoms with Gasteiger partial charge in [-0.15, -0.1) is 0 Å². The first-order valence-electron chi connectivity index (χ1n) is 10.0. The summed E-state index contributed by atoms with van der Waals surface area (Å²) in [6.45, 7) is 10.7. The predicted molar refractivity (Wildman–Crippen MR) is 117 cm³/mol. The zero-order valence-corrected chi connectivity index (χ0v) is 17.7. The van der Waals surface area contributed by atoms with Crippen LogP contribution in [0.1, 0.15) is 57.5 Å². The van der Waals surface area contributed by atoms with E-state index in [1.165, 1.54) is 5.56 Å². The lowest BCUT2D eigenvalue weighted by Gasteiger charge is -2.25. The molecule has 5 heteroatoms. The number of hydrogen-bond acceptors (Lipinski definition) is 3. The summed E-state index contributed by atoms with van der Waals surface area (Å²) in [5, 5.41) is 11.0. The Morgan fingerprint density at radius 3 is 2.24 bits per heavy atom. The minimum atomic E-state index is -0.247. The van der Waals surface area contributed by atoms with Crippen molar-refractivity contribution >= 4 is 16.7 Å². The Morgan fingerprint density at radius 2 is 1.66 bits per heavy atom. The van der Waals surface area contributed by atoms with Gasteiger partial charge in [-0.1, -0.05) is 77.1 Å². The summed E-state index contributed by atoms with van der Waals surface area (Å²) in [6.07, 6.45) is 0.112. The Balaban J connectivity index is 1.81. The third kappa shape index (κ3) is 4.73. The summed E-state index contributed by atoms with van der Waals surface area (Å²) in [5.74, 6) is 0.119. The molecule has 0 fully saturated rings. The van der Waals surface area contributed by atoms with E-state index in [2.05, 4.69) is 74.4 Å². The molecule has 1 atom stereocenters. The maximum atomic E-state index is 12.8. The highest BCUT2D eigenvalue weighted by Crippen LogP contribution is 2.27. The molecule has 0 saturated heterocycles. The molecule has 0 saturated carbocycles. The van der Waals surface area contributed by atoms with E-state index in [1.807, 2.05) is 12.1 Å². The van der Waals surface area contributed by atoms with Crippen LogP contribution in [-0.2, 0) is 16.6 Å². The second-order valence-electron chi connectivity index (χ2n) is 8.88. The fourth-order valence-corrected chi connectivity index (χ4v) is 3.51. The van der Waals surface area contributed by atoms with Gasteiger partial charge in [-0.25, -0.2) is 5.10 Å². The highest BCUT2D eigenvalue weighted by molar-refractivity contribution is 5.88. The van der Waals surface area contributed by atoms with Gasteiger partial charge in [0.1, 0.15) is 0 Å². The van der Waals surface area contributed by atoms with Crippen LogP contribution in [0.4, 0.5) is 0 Å². The SMILES string of the molecule is CC(C)C(NC(=O)Cc1n[nH]c(=O)c2ccccc12)c1ccc(C(C)(C)C)cc1. The third-order valence-electron chi connectivity index (χ3n) is 5.22. The molecule has 1 unspecified atom stereocenters. The predicted octanol–water partition coefficient (Wildman–Crippen LogP) is 4.28. The van der Waals surface area contributed by atoms with Gasteiger partial charge in [-0.05, 0) is 28.5 Å². The van der Waals surface area contributed by atoms with E-state index in [0.717, 1.165) is 5.56 Å². The van der Waals surface area contributed by atoms with Gasteiger partial charge >= 0.3 is 0 Å². The monoisotopic (exact) mass is 391 g/mol. The zero-order chi connectivity index (χ0) is 21.2. The number of H-pyrrole nitrogens is 1. The summed E-state index contributed by atoms with van der Waals surface area (Å²) in [4.78, 5) is 24.8. The number of aromatic nitrogens is 2. The summed E-state index contributed by atoms with van der Waals surface area (Å²) in [7, 11) is 0. The Morgan fingerprint density at radius 1 is 1.03 bits per heavy atom. The molecule has 5 nitrogen and oxygen atoms in total. The molecule has 0 bridgehead atoms. The van der Waals surface area contributed by atoms with Gasteiger partial charge in [0, 0.05) is 5.39 Å². The quantitative estimate of drug-likeness (QED) is 0.682. The lowest BCUT2D eigenvalue weighted by molar-refractivity contribution is -0.121. The van der Waals surface area contributed by atoms with E-state index in [-0.39, 0.29) is 35.3 Å². The van der Waals surface area contributed by atoms with E-state index in [0.29, 0.717) is 16.5 Å². The van der Waals surface area contributed by atoms with E-state index in [4.69, 9.17) is 0 Å². The van der Waals surface area contributed by atoms with Crippen LogP contribution >= 0.6 is 0 Å². The summed E-state index contributed by atoms with van der Waals surface area (Å²) in [6, 6.07) is 15.6. The lowest BCUT2D eigenvalue weighted by atomic mass is 9.85. The smallest absolute Gasteiger partial charge is 0.272 e. The van der Waals surface area contributed by atoms with Gasteiger partial charge in [0.05, 0.1) is 23.5 Å². The normalized spacial score (nSPS) is 12.9. The topological polar surface area (TPSA) is 74.8 Å². The molecule has 0 spiro atoms. The first kappa shape index (κ1) is 20.8. The fourth-order valence-electron chi connectivity index (χ4n) is 3.51. The van der Waals surface area contributed by atoms with Crippen molar-refractivity contribution in [1.29, 1.82) is 0 Å². The van der Waals surface area contributed by atoms with E-state index < -0.39 is 0 Å². The van der Waals surface area contributed by atoms with E-state index in [1.54, 1.807) is 12.1 Å². The second kappa shape index (κ2) is 8.19. The van der Waals surface area contributed by atoms with Gasteiger partial charge in [-0.2, -0.15) is 5.10 Å². The molecule has 2 aromatic carbocycles. The van der Waals surface area contributed by atoms with Gasteiger partial charge in [0.2, 0.25) is 5.91 Å². The Hall–Kier alpha value is -2.95. The molecule has 1 aromatic heterocycles. The molecule has 0 radical (unpaired) electrons. The van der Waals surface area contributed by atoms with Gasteiger partial charge in [-0.3, -0.25) is 9.59 Å². The Labute approximate surface area is 171 Å². The van der Waals surface area contributed by atoms with Crippen molar-refractivity contribution in [2.75, 3.05) is 0 Å². The standard InChI is InChI=1S/C24H29N3O2/c1-15(2)22(16-10-12-17(13-11-16)24(3,4)5)25-21(28)14-20-18-8-6-7-9-19(18)23(29)27-26-20/h6-13,15,22H,14H2,1-5H3,(H,25,28)(H,27,29). The van der Waals surface area contributed by atoms with Crippen LogP contribution in [0.15, 0.2) is 53.3 Å². The molecule has 2 N–H and O–H groups in total. The third-order valence-corrected chi connectivity index (χ3v) is 5.22. The number of amides is 1. The average molecular weight is 392 g/mol. The summed E-state index contributed by atoms with van der Waals surface area (Å²) < 4.78 is 0. The van der Waals surface area contributed by atoms with Crippen LogP contribution in [0.3, 0.4) is 0 Å². The summed E-state index contributed by atoms with van der Waals surface area (Å²) in [5.41, 5.74) is 2.76. The van der Waals surface area contributed by atoms with Gasteiger partial charge < -0.3 is 5.32 Å². The highest BCUT2D eigenvalue weighted by Gasteiger charge is 2.21.